The van der Waals surface area contributed by atoms with Gasteiger partial charge in [0.25, 0.3) is 0 Å². The Morgan fingerprint density at radius 1 is 1.30 bits per heavy atom. The second-order valence-electron chi connectivity index (χ2n) is 6.07. The Hall–Kier alpha value is -1.28. The Bertz CT molecular complexity index is 605. The second-order valence-corrected chi connectivity index (χ2v) is 6.34. The lowest BCUT2D eigenvalue weighted by Gasteiger charge is -2.26. The summed E-state index contributed by atoms with van der Waals surface area (Å²) in [5, 5.41) is 1.17. The first-order valence-electron chi connectivity index (χ1n) is 7.40. The van der Waals surface area contributed by atoms with Gasteiger partial charge in [0.1, 0.15) is 5.82 Å². The summed E-state index contributed by atoms with van der Waals surface area (Å²) < 4.78 is 0. The summed E-state index contributed by atoms with van der Waals surface area (Å²) in [5.74, 6) is 2.27. The third-order valence-corrected chi connectivity index (χ3v) is 4.06. The average Bonchev–Trinajstić information content (AvgIpc) is 3.28. The minimum Gasteiger partial charge on any atom is -0.353 e. The monoisotopic (exact) mass is 288 g/mol. The molecule has 0 N–H and O–H groups in total. The normalized spacial score (nSPS) is 15.0. The Morgan fingerprint density at radius 2 is 2.05 bits per heavy atom. The van der Waals surface area contributed by atoms with Gasteiger partial charge >= 0.3 is 0 Å². The zero-order chi connectivity index (χ0) is 14.1. The molecule has 0 radical (unpaired) electrons. The maximum Gasteiger partial charge on any atom is 0.129 e. The van der Waals surface area contributed by atoms with E-state index in [0.29, 0.717) is 17.8 Å². The van der Waals surface area contributed by atoms with Gasteiger partial charge in [0.2, 0.25) is 0 Å². The molecule has 0 aliphatic heterocycles. The molecule has 1 aliphatic rings. The number of hydrogen-bond donors (Lipinski definition) is 0. The van der Waals surface area contributed by atoms with Crippen molar-refractivity contribution in [1.29, 1.82) is 0 Å². The molecule has 1 aromatic heterocycles. The van der Waals surface area contributed by atoms with Crippen LogP contribution in [-0.2, 0) is 5.88 Å². The number of benzene rings is 1. The summed E-state index contributed by atoms with van der Waals surface area (Å²) in [6.45, 7) is 5.59. The smallest absolute Gasteiger partial charge is 0.129 e. The number of nitrogens with zero attached hydrogens (tertiary/aromatic N) is 2. The van der Waals surface area contributed by atoms with Crippen LogP contribution in [0.1, 0.15) is 32.3 Å². The summed E-state index contributed by atoms with van der Waals surface area (Å²) in [6, 6.07) is 11.1. The van der Waals surface area contributed by atoms with E-state index in [-0.39, 0.29) is 0 Å². The molecule has 1 aromatic carbocycles. The molecule has 0 saturated heterocycles. The number of hydrogen-bond acceptors (Lipinski definition) is 2. The molecular formula is C17H21ClN2. The number of anilines is 1. The van der Waals surface area contributed by atoms with E-state index >= 15 is 0 Å². The van der Waals surface area contributed by atoms with Crippen molar-refractivity contribution in [2.24, 2.45) is 5.92 Å². The molecule has 0 atom stereocenters. The molecule has 0 spiro atoms. The van der Waals surface area contributed by atoms with Gasteiger partial charge in [-0.3, -0.25) is 0 Å². The quantitative estimate of drug-likeness (QED) is 0.748. The fourth-order valence-corrected chi connectivity index (χ4v) is 2.92. The van der Waals surface area contributed by atoms with Crippen LogP contribution in [0.2, 0.25) is 0 Å². The summed E-state index contributed by atoms with van der Waals surface area (Å²) in [4.78, 5) is 7.33. The van der Waals surface area contributed by atoms with E-state index in [4.69, 9.17) is 16.6 Å². The molecular weight excluding hydrogens is 268 g/mol. The Morgan fingerprint density at radius 3 is 2.70 bits per heavy atom. The van der Waals surface area contributed by atoms with Gasteiger partial charge < -0.3 is 4.90 Å². The highest BCUT2D eigenvalue weighted by Crippen LogP contribution is 2.33. The van der Waals surface area contributed by atoms with Crippen molar-refractivity contribution in [2.75, 3.05) is 11.4 Å². The van der Waals surface area contributed by atoms with Gasteiger partial charge in [-0.25, -0.2) is 4.98 Å². The van der Waals surface area contributed by atoms with E-state index in [1.54, 1.807) is 0 Å². The van der Waals surface area contributed by atoms with Gasteiger partial charge in [-0.05, 0) is 36.5 Å². The van der Waals surface area contributed by atoms with Crippen molar-refractivity contribution in [1.82, 2.24) is 4.98 Å². The van der Waals surface area contributed by atoms with Crippen molar-refractivity contribution in [3.8, 4) is 0 Å². The number of rotatable bonds is 5. The van der Waals surface area contributed by atoms with Gasteiger partial charge in [0, 0.05) is 23.9 Å². The van der Waals surface area contributed by atoms with Crippen LogP contribution in [0.3, 0.4) is 0 Å². The fraction of sp³-hybridized carbons (Fsp3) is 0.471. The minimum atomic E-state index is 0.538. The van der Waals surface area contributed by atoms with Crippen molar-refractivity contribution >= 4 is 28.3 Å². The first-order chi connectivity index (χ1) is 9.69. The third-order valence-electron chi connectivity index (χ3n) is 3.78. The minimum absolute atomic E-state index is 0.538. The molecule has 0 amide bonds. The van der Waals surface area contributed by atoms with Crippen LogP contribution >= 0.6 is 11.6 Å². The molecule has 3 heteroatoms. The van der Waals surface area contributed by atoms with Gasteiger partial charge in [0.15, 0.2) is 0 Å². The molecule has 2 aromatic rings. The highest BCUT2D eigenvalue weighted by atomic mass is 35.5. The molecule has 2 nitrogen and oxygen atoms in total. The molecule has 3 rings (SSSR count). The lowest BCUT2D eigenvalue weighted by Crippen LogP contribution is -2.30. The van der Waals surface area contributed by atoms with Crippen molar-refractivity contribution in [2.45, 2.75) is 38.6 Å². The zero-order valence-electron chi connectivity index (χ0n) is 12.1. The van der Waals surface area contributed by atoms with E-state index in [0.717, 1.165) is 17.9 Å². The molecule has 20 heavy (non-hydrogen) atoms. The summed E-state index contributed by atoms with van der Waals surface area (Å²) in [7, 11) is 0. The molecule has 0 bridgehead atoms. The molecule has 1 saturated carbocycles. The number of halogens is 1. The molecule has 0 unspecified atom stereocenters. The third kappa shape index (κ3) is 2.76. The maximum atomic E-state index is 6.14. The lowest BCUT2D eigenvalue weighted by atomic mass is 10.1. The van der Waals surface area contributed by atoms with Gasteiger partial charge in [0.05, 0.1) is 5.52 Å². The first kappa shape index (κ1) is 13.7. The van der Waals surface area contributed by atoms with Gasteiger partial charge in [-0.1, -0.05) is 32.0 Å². The molecule has 1 aliphatic carbocycles. The van der Waals surface area contributed by atoms with E-state index in [2.05, 4.69) is 36.9 Å². The van der Waals surface area contributed by atoms with Crippen LogP contribution in [0.4, 0.5) is 5.82 Å². The summed E-state index contributed by atoms with van der Waals surface area (Å²) in [6.07, 6.45) is 2.58. The van der Waals surface area contributed by atoms with E-state index in [1.807, 2.05) is 12.1 Å². The largest absolute Gasteiger partial charge is 0.353 e. The van der Waals surface area contributed by atoms with Crippen LogP contribution in [0.15, 0.2) is 30.3 Å². The zero-order valence-corrected chi connectivity index (χ0v) is 12.9. The number of para-hydroxylation sites is 1. The number of aromatic nitrogens is 1. The molecule has 1 heterocycles. The van der Waals surface area contributed by atoms with Crippen molar-refractivity contribution in [3.63, 3.8) is 0 Å². The van der Waals surface area contributed by atoms with Crippen LogP contribution in [0.5, 0.6) is 0 Å². The Labute approximate surface area is 125 Å². The first-order valence-corrected chi connectivity index (χ1v) is 7.93. The van der Waals surface area contributed by atoms with Crippen LogP contribution in [-0.4, -0.2) is 17.6 Å². The van der Waals surface area contributed by atoms with Crippen LogP contribution in [0, 0.1) is 5.92 Å². The number of alkyl halides is 1. The predicted octanol–water partition coefficient (Wildman–Crippen LogP) is 4.60. The number of pyridine rings is 1. The van der Waals surface area contributed by atoms with E-state index in [1.165, 1.54) is 23.8 Å². The van der Waals surface area contributed by atoms with Gasteiger partial charge in [-0.15, -0.1) is 11.6 Å². The van der Waals surface area contributed by atoms with Crippen molar-refractivity contribution in [3.05, 3.63) is 35.9 Å². The topological polar surface area (TPSA) is 16.1 Å². The average molecular weight is 289 g/mol. The van der Waals surface area contributed by atoms with E-state index in [9.17, 15) is 0 Å². The fourth-order valence-electron chi connectivity index (χ4n) is 2.70. The Balaban J connectivity index is 2.05. The standard InChI is InChI=1S/C17H21ClN2/c1-12(2)11-20(14-7-8-14)17-9-13(10-18)15-5-3-4-6-16(15)19-17/h3-6,9,12,14H,7-8,10-11H2,1-2H3. The molecule has 106 valence electrons. The maximum absolute atomic E-state index is 6.14. The summed E-state index contributed by atoms with van der Waals surface area (Å²) in [5.41, 5.74) is 2.23. The van der Waals surface area contributed by atoms with Crippen molar-refractivity contribution < 1.29 is 0 Å². The highest BCUT2D eigenvalue weighted by molar-refractivity contribution is 6.18. The SMILES string of the molecule is CC(C)CN(c1cc(CCl)c2ccccc2n1)C1CC1. The molecule has 1 fully saturated rings. The second kappa shape index (κ2) is 5.61. The predicted molar refractivity (Wildman–Crippen MR) is 86.5 cm³/mol. The lowest BCUT2D eigenvalue weighted by molar-refractivity contribution is 0.603. The highest BCUT2D eigenvalue weighted by Gasteiger charge is 2.30. The van der Waals surface area contributed by atoms with Crippen LogP contribution < -0.4 is 4.90 Å². The number of fused-ring (bicyclic) bond motifs is 1. The van der Waals surface area contributed by atoms with E-state index < -0.39 is 0 Å². The van der Waals surface area contributed by atoms with Gasteiger partial charge in [-0.2, -0.15) is 0 Å². The summed E-state index contributed by atoms with van der Waals surface area (Å²) >= 11 is 6.14. The van der Waals surface area contributed by atoms with Crippen LogP contribution in [0.25, 0.3) is 10.9 Å². The Kier molecular flexibility index (Phi) is 3.84.